The van der Waals surface area contributed by atoms with Gasteiger partial charge in [0.05, 0.1) is 6.04 Å². The van der Waals surface area contributed by atoms with E-state index in [4.69, 9.17) is 4.52 Å². The van der Waals surface area contributed by atoms with Gasteiger partial charge < -0.3 is 0 Å². The van der Waals surface area contributed by atoms with Gasteiger partial charge in [0.1, 0.15) is 0 Å². The van der Waals surface area contributed by atoms with Gasteiger partial charge in [0.2, 0.25) is 0 Å². The molecule has 0 saturated carbocycles. The molecule has 0 aromatic carbocycles. The summed E-state index contributed by atoms with van der Waals surface area (Å²) < 4.78 is 6.44. The molecule has 0 saturated heterocycles. The first-order valence-electron chi connectivity index (χ1n) is 4.89. The minimum Gasteiger partial charge on any atom is -0.296 e. The minimum absolute atomic E-state index is 0.279. The summed E-state index contributed by atoms with van der Waals surface area (Å²) in [6.45, 7) is 0. The van der Waals surface area contributed by atoms with Gasteiger partial charge in [0, 0.05) is 12.2 Å². The van der Waals surface area contributed by atoms with Crippen molar-refractivity contribution in [2.45, 2.75) is 31.7 Å². The number of fused-ring (bicyclic) bond motifs is 1. The summed E-state index contributed by atoms with van der Waals surface area (Å²) >= 11 is 1.76. The fraction of sp³-hybridized carbons (Fsp3) is 0.778. The maximum atomic E-state index is 11.4. The van der Waals surface area contributed by atoms with Gasteiger partial charge in [-0.3, -0.25) is 9.09 Å². The molecule has 1 aromatic heterocycles. The van der Waals surface area contributed by atoms with Crippen molar-refractivity contribution in [2.24, 2.45) is 0 Å². The second kappa shape index (κ2) is 4.21. The Morgan fingerprint density at radius 2 is 2.50 bits per heavy atom. The molecule has 2 heterocycles. The number of rotatable bonds is 2. The number of nitrogens with zero attached hydrogens (tertiary/aromatic N) is 2. The zero-order valence-corrected chi connectivity index (χ0v) is 9.05. The van der Waals surface area contributed by atoms with Crippen molar-refractivity contribution in [3.05, 3.63) is 16.4 Å². The molecule has 1 atom stereocenters. The van der Waals surface area contributed by atoms with Crippen LogP contribution in [0.2, 0.25) is 0 Å². The van der Waals surface area contributed by atoms with E-state index >= 15 is 0 Å². The molecule has 1 aliphatic heterocycles. The second-order valence-electron chi connectivity index (χ2n) is 3.59. The maximum Gasteiger partial charge on any atom is 0.441 e. The summed E-state index contributed by atoms with van der Waals surface area (Å²) in [5.74, 6) is 1.50. The third kappa shape index (κ3) is 1.73. The highest BCUT2D eigenvalue weighted by molar-refractivity contribution is 7.98. The smallest absolute Gasteiger partial charge is 0.296 e. The first-order chi connectivity index (χ1) is 6.83. The van der Waals surface area contributed by atoms with Crippen LogP contribution in [0.3, 0.4) is 0 Å². The van der Waals surface area contributed by atoms with Crippen LogP contribution in [0, 0.1) is 0 Å². The van der Waals surface area contributed by atoms with Crippen molar-refractivity contribution in [3.8, 4) is 0 Å². The molecule has 0 N–H and O–H groups in total. The Morgan fingerprint density at radius 1 is 1.64 bits per heavy atom. The summed E-state index contributed by atoms with van der Waals surface area (Å²) in [4.78, 5) is 11.4. The number of hydrogen-bond donors (Lipinski definition) is 0. The van der Waals surface area contributed by atoms with Gasteiger partial charge in [-0.1, -0.05) is 11.6 Å². The molecular weight excluding hydrogens is 200 g/mol. The first kappa shape index (κ1) is 9.83. The van der Waals surface area contributed by atoms with E-state index in [-0.39, 0.29) is 11.8 Å². The summed E-state index contributed by atoms with van der Waals surface area (Å²) in [5.41, 5.74) is 0. The third-order valence-electron chi connectivity index (χ3n) is 2.62. The lowest BCUT2D eigenvalue weighted by molar-refractivity contribution is 0.359. The molecule has 1 unspecified atom stereocenters. The van der Waals surface area contributed by atoms with E-state index in [0.29, 0.717) is 0 Å². The van der Waals surface area contributed by atoms with E-state index in [9.17, 15) is 4.79 Å². The van der Waals surface area contributed by atoms with E-state index < -0.39 is 0 Å². The number of thioether (sulfide) groups is 1. The Hall–Kier alpha value is -0.710. The van der Waals surface area contributed by atoms with Gasteiger partial charge in [-0.25, -0.2) is 4.79 Å². The largest absolute Gasteiger partial charge is 0.441 e. The molecule has 78 valence electrons. The summed E-state index contributed by atoms with van der Waals surface area (Å²) in [5, 5.41) is 3.81. The molecule has 1 aromatic rings. The standard InChI is InChI=1S/C9H14N2O2S/c1-14-6-7-4-2-3-5-8-10-13-9(12)11(7)8/h7H,2-6H2,1H3. The lowest BCUT2D eigenvalue weighted by Gasteiger charge is -2.13. The SMILES string of the molecule is CSCC1CCCCc2noc(=O)n21. The van der Waals surface area contributed by atoms with Gasteiger partial charge in [-0.2, -0.15) is 11.8 Å². The van der Waals surface area contributed by atoms with Crippen molar-refractivity contribution in [1.82, 2.24) is 9.72 Å². The normalized spacial score (nSPS) is 21.6. The van der Waals surface area contributed by atoms with E-state index in [1.54, 1.807) is 16.3 Å². The highest BCUT2D eigenvalue weighted by atomic mass is 32.2. The van der Waals surface area contributed by atoms with Crippen LogP contribution in [-0.2, 0) is 6.42 Å². The first-order valence-corrected chi connectivity index (χ1v) is 6.28. The molecular formula is C9H14N2O2S. The molecule has 1 aliphatic rings. The fourth-order valence-corrected chi connectivity index (χ4v) is 2.65. The Bertz CT molecular complexity index is 358. The maximum absolute atomic E-state index is 11.4. The van der Waals surface area contributed by atoms with Crippen molar-refractivity contribution in [3.63, 3.8) is 0 Å². The molecule has 2 rings (SSSR count). The molecule has 5 heteroatoms. The van der Waals surface area contributed by atoms with Gasteiger partial charge in [0.15, 0.2) is 5.82 Å². The molecule has 0 aliphatic carbocycles. The van der Waals surface area contributed by atoms with Crippen LogP contribution in [0.4, 0.5) is 0 Å². The van der Waals surface area contributed by atoms with Crippen molar-refractivity contribution >= 4 is 11.8 Å². The number of aryl methyl sites for hydroxylation is 1. The van der Waals surface area contributed by atoms with Crippen molar-refractivity contribution < 1.29 is 4.52 Å². The zero-order valence-electron chi connectivity index (χ0n) is 8.23. The average Bonchev–Trinajstić information content (AvgIpc) is 2.43. The zero-order chi connectivity index (χ0) is 9.97. The number of aromatic nitrogens is 2. The highest BCUT2D eigenvalue weighted by Crippen LogP contribution is 2.23. The van der Waals surface area contributed by atoms with E-state index in [2.05, 4.69) is 11.4 Å². The molecule has 0 amide bonds. The molecule has 0 spiro atoms. The topological polar surface area (TPSA) is 48.0 Å². The Labute approximate surface area is 86.7 Å². The molecule has 0 bridgehead atoms. The molecule has 14 heavy (non-hydrogen) atoms. The molecule has 4 nitrogen and oxygen atoms in total. The van der Waals surface area contributed by atoms with E-state index in [0.717, 1.165) is 30.8 Å². The van der Waals surface area contributed by atoms with Crippen molar-refractivity contribution in [1.29, 1.82) is 0 Å². The lowest BCUT2D eigenvalue weighted by Crippen LogP contribution is -2.23. The van der Waals surface area contributed by atoms with Gasteiger partial charge in [-0.15, -0.1) is 0 Å². The average molecular weight is 214 g/mol. The van der Waals surface area contributed by atoms with Crippen LogP contribution in [0.25, 0.3) is 0 Å². The molecule has 0 radical (unpaired) electrons. The van der Waals surface area contributed by atoms with Crippen LogP contribution in [0.1, 0.15) is 31.1 Å². The molecule has 0 fully saturated rings. The summed E-state index contributed by atoms with van der Waals surface area (Å²) in [6, 6.07) is 0.279. The van der Waals surface area contributed by atoms with Crippen LogP contribution >= 0.6 is 11.8 Å². The van der Waals surface area contributed by atoms with Crippen LogP contribution in [0.5, 0.6) is 0 Å². The lowest BCUT2D eigenvalue weighted by atomic mass is 10.1. The predicted octanol–water partition coefficient (Wildman–Crippen LogP) is 1.47. The summed E-state index contributed by atoms with van der Waals surface area (Å²) in [7, 11) is 0. The number of hydrogen-bond acceptors (Lipinski definition) is 4. The summed E-state index contributed by atoms with van der Waals surface area (Å²) in [6.07, 6.45) is 6.28. The van der Waals surface area contributed by atoms with E-state index in [1.807, 2.05) is 0 Å². The third-order valence-corrected chi connectivity index (χ3v) is 3.33. The van der Waals surface area contributed by atoms with E-state index in [1.165, 1.54) is 6.42 Å². The Kier molecular flexibility index (Phi) is 2.96. The van der Waals surface area contributed by atoms with Crippen LogP contribution < -0.4 is 5.76 Å². The van der Waals surface area contributed by atoms with Gasteiger partial charge >= 0.3 is 5.76 Å². The fourth-order valence-electron chi connectivity index (χ4n) is 1.95. The monoisotopic (exact) mass is 214 g/mol. The van der Waals surface area contributed by atoms with Crippen LogP contribution in [0.15, 0.2) is 9.32 Å². The highest BCUT2D eigenvalue weighted by Gasteiger charge is 2.22. The Balaban J connectivity index is 2.35. The Morgan fingerprint density at radius 3 is 3.29 bits per heavy atom. The van der Waals surface area contributed by atoms with Crippen LogP contribution in [-0.4, -0.2) is 21.7 Å². The van der Waals surface area contributed by atoms with Gasteiger partial charge in [-0.05, 0) is 19.1 Å². The minimum atomic E-state index is -0.291. The predicted molar refractivity (Wildman–Crippen MR) is 55.7 cm³/mol. The second-order valence-corrected chi connectivity index (χ2v) is 4.50. The van der Waals surface area contributed by atoms with Crippen molar-refractivity contribution in [2.75, 3.05) is 12.0 Å². The van der Waals surface area contributed by atoms with Gasteiger partial charge in [0.25, 0.3) is 0 Å². The quantitative estimate of drug-likeness (QED) is 0.748.